The fourth-order valence-electron chi connectivity index (χ4n) is 3.50. The van der Waals surface area contributed by atoms with Gasteiger partial charge in [0.2, 0.25) is 10.0 Å². The second-order valence-electron chi connectivity index (χ2n) is 6.23. The Morgan fingerprint density at radius 3 is 2.14 bits per heavy atom. The van der Waals surface area contributed by atoms with Gasteiger partial charge >= 0.3 is 0 Å². The molecule has 4 heteroatoms. The number of benzene rings is 2. The van der Waals surface area contributed by atoms with E-state index in [9.17, 15) is 8.42 Å². The fourth-order valence-corrected chi connectivity index (χ4v) is 5.16. The zero-order valence-electron chi connectivity index (χ0n) is 11.6. The molecule has 2 aromatic carbocycles. The molecule has 108 valence electrons. The zero-order chi connectivity index (χ0) is 14.5. The first kappa shape index (κ1) is 13.0. The molecule has 3 fully saturated rings. The van der Waals surface area contributed by atoms with E-state index in [4.69, 9.17) is 0 Å². The maximum Gasteiger partial charge on any atom is 0.241 e. The topological polar surface area (TPSA) is 46.2 Å². The Morgan fingerprint density at radius 2 is 1.52 bits per heavy atom. The average Bonchev–Trinajstić information content (AvgIpc) is 2.43. The minimum Gasteiger partial charge on any atom is -0.207 e. The molecule has 5 rings (SSSR count). The molecule has 0 unspecified atom stereocenters. The van der Waals surface area contributed by atoms with E-state index in [1.165, 1.54) is 0 Å². The van der Waals surface area contributed by atoms with Crippen LogP contribution in [0.3, 0.4) is 0 Å². The van der Waals surface area contributed by atoms with E-state index in [0.29, 0.717) is 4.90 Å². The van der Waals surface area contributed by atoms with Crippen LogP contribution in [0.2, 0.25) is 0 Å². The van der Waals surface area contributed by atoms with Gasteiger partial charge in [0.25, 0.3) is 0 Å². The van der Waals surface area contributed by atoms with Gasteiger partial charge in [-0.25, -0.2) is 13.1 Å². The van der Waals surface area contributed by atoms with E-state index in [2.05, 4.69) is 4.72 Å². The molecule has 21 heavy (non-hydrogen) atoms. The van der Waals surface area contributed by atoms with Crippen molar-refractivity contribution >= 4 is 10.0 Å². The minimum absolute atomic E-state index is 0.146. The highest BCUT2D eigenvalue weighted by atomic mass is 32.2. The molecule has 0 aliphatic heterocycles. The fraction of sp³-hybridized carbons (Fsp3) is 0.294. The van der Waals surface area contributed by atoms with Crippen LogP contribution in [0, 0.1) is 5.92 Å². The van der Waals surface area contributed by atoms with Crippen LogP contribution in [0.15, 0.2) is 59.5 Å². The summed E-state index contributed by atoms with van der Waals surface area (Å²) in [6.07, 6.45) is 3.00. The maximum absolute atomic E-state index is 12.7. The van der Waals surface area contributed by atoms with Crippen LogP contribution in [0.1, 0.15) is 19.3 Å². The summed E-state index contributed by atoms with van der Waals surface area (Å²) in [4.78, 5) is 0.376. The smallest absolute Gasteiger partial charge is 0.207 e. The summed E-state index contributed by atoms with van der Waals surface area (Å²) in [6, 6.07) is 16.9. The van der Waals surface area contributed by atoms with Gasteiger partial charge in [0.15, 0.2) is 0 Å². The van der Waals surface area contributed by atoms with Crippen molar-refractivity contribution in [2.45, 2.75) is 29.7 Å². The second kappa shape index (κ2) is 4.42. The molecule has 3 nitrogen and oxygen atoms in total. The second-order valence-corrected chi connectivity index (χ2v) is 7.88. The van der Waals surface area contributed by atoms with E-state index in [1.807, 2.05) is 42.5 Å². The molecule has 0 radical (unpaired) electrons. The van der Waals surface area contributed by atoms with Crippen molar-refractivity contribution in [1.29, 1.82) is 0 Å². The minimum atomic E-state index is -3.47. The summed E-state index contributed by atoms with van der Waals surface area (Å²) < 4.78 is 28.4. The maximum atomic E-state index is 12.7. The van der Waals surface area contributed by atoms with Crippen LogP contribution in [0.4, 0.5) is 0 Å². The largest absolute Gasteiger partial charge is 0.241 e. The Morgan fingerprint density at radius 1 is 0.905 bits per heavy atom. The van der Waals surface area contributed by atoms with Gasteiger partial charge in [-0.3, -0.25) is 0 Å². The predicted molar refractivity (Wildman–Crippen MR) is 82.3 cm³/mol. The summed E-state index contributed by atoms with van der Waals surface area (Å²) in [5, 5.41) is 0. The van der Waals surface area contributed by atoms with Gasteiger partial charge in [-0.15, -0.1) is 0 Å². The molecule has 2 aromatic rings. The van der Waals surface area contributed by atoms with Crippen molar-refractivity contribution in [3.8, 4) is 11.1 Å². The van der Waals surface area contributed by atoms with Crippen molar-refractivity contribution in [2.24, 2.45) is 5.92 Å². The molecule has 1 N–H and O–H groups in total. The molecule has 0 saturated heterocycles. The summed E-state index contributed by atoms with van der Waals surface area (Å²) in [5.74, 6) is 0.747. The van der Waals surface area contributed by atoms with Gasteiger partial charge in [-0.05, 0) is 36.8 Å². The lowest BCUT2D eigenvalue weighted by Gasteiger charge is -2.61. The molecular weight excluding hydrogens is 282 g/mol. The van der Waals surface area contributed by atoms with E-state index in [0.717, 1.165) is 36.3 Å². The Hall–Kier alpha value is -1.65. The van der Waals surface area contributed by atoms with Crippen LogP contribution < -0.4 is 4.72 Å². The third-order valence-corrected chi connectivity index (χ3v) is 6.29. The Kier molecular flexibility index (Phi) is 2.75. The SMILES string of the molecule is O=S(=O)(NC12CC(C1)C2)c1ccccc1-c1ccccc1. The first-order valence-electron chi connectivity index (χ1n) is 7.27. The van der Waals surface area contributed by atoms with Crippen molar-refractivity contribution in [3.05, 3.63) is 54.6 Å². The quantitative estimate of drug-likeness (QED) is 0.942. The third-order valence-electron chi connectivity index (χ3n) is 4.65. The normalized spacial score (nSPS) is 26.8. The highest BCUT2D eigenvalue weighted by molar-refractivity contribution is 7.89. The summed E-state index contributed by atoms with van der Waals surface area (Å²) in [6.45, 7) is 0. The number of hydrogen-bond acceptors (Lipinski definition) is 2. The van der Waals surface area contributed by atoms with Crippen molar-refractivity contribution in [3.63, 3.8) is 0 Å². The Labute approximate surface area is 125 Å². The lowest BCUT2D eigenvalue weighted by atomic mass is 9.50. The number of rotatable bonds is 4. The van der Waals surface area contributed by atoms with Crippen LogP contribution in [-0.4, -0.2) is 14.0 Å². The Balaban J connectivity index is 1.74. The zero-order valence-corrected chi connectivity index (χ0v) is 12.4. The number of hydrogen-bond donors (Lipinski definition) is 1. The van der Waals surface area contributed by atoms with Crippen LogP contribution in [0.25, 0.3) is 11.1 Å². The summed E-state index contributed by atoms with van der Waals surface area (Å²) >= 11 is 0. The molecule has 3 aliphatic rings. The van der Waals surface area contributed by atoms with Crippen molar-refractivity contribution in [1.82, 2.24) is 4.72 Å². The highest BCUT2D eigenvalue weighted by Crippen LogP contribution is 2.57. The number of sulfonamides is 1. The van der Waals surface area contributed by atoms with E-state index in [-0.39, 0.29) is 5.54 Å². The molecule has 0 aromatic heterocycles. The molecule has 0 heterocycles. The van der Waals surface area contributed by atoms with Crippen LogP contribution in [0.5, 0.6) is 0 Å². The van der Waals surface area contributed by atoms with Gasteiger partial charge in [-0.1, -0.05) is 48.5 Å². The molecule has 0 amide bonds. The number of nitrogens with one attached hydrogen (secondary N) is 1. The third kappa shape index (κ3) is 2.10. The summed E-state index contributed by atoms with van der Waals surface area (Å²) in [5.41, 5.74) is 1.54. The predicted octanol–water partition coefficient (Wildman–Crippen LogP) is 3.18. The van der Waals surface area contributed by atoms with Gasteiger partial charge in [-0.2, -0.15) is 0 Å². The average molecular weight is 299 g/mol. The van der Waals surface area contributed by atoms with Crippen molar-refractivity contribution in [2.75, 3.05) is 0 Å². The van der Waals surface area contributed by atoms with Gasteiger partial charge < -0.3 is 0 Å². The Bertz CT molecular complexity index is 766. The van der Waals surface area contributed by atoms with Crippen LogP contribution in [-0.2, 0) is 10.0 Å². The molecule has 3 saturated carbocycles. The summed E-state index contributed by atoms with van der Waals surface area (Å²) in [7, 11) is -3.47. The standard InChI is InChI=1S/C17H17NO2S/c19-21(20,18-17-10-13(11-17)12-17)16-9-5-4-8-15(16)14-6-2-1-3-7-14/h1-9,13,18H,10-12H2. The lowest BCUT2D eigenvalue weighted by Crippen LogP contribution is -2.67. The first-order valence-corrected chi connectivity index (χ1v) is 8.75. The van der Waals surface area contributed by atoms with Gasteiger partial charge in [0, 0.05) is 11.1 Å². The molecule has 3 aliphatic carbocycles. The molecule has 0 spiro atoms. The molecule has 2 bridgehead atoms. The highest BCUT2D eigenvalue weighted by Gasteiger charge is 2.58. The molecular formula is C17H17NO2S. The van der Waals surface area contributed by atoms with E-state index in [1.54, 1.807) is 12.1 Å². The van der Waals surface area contributed by atoms with Crippen LogP contribution >= 0.6 is 0 Å². The monoisotopic (exact) mass is 299 g/mol. The van der Waals surface area contributed by atoms with Crippen molar-refractivity contribution < 1.29 is 8.42 Å². The lowest BCUT2D eigenvalue weighted by molar-refractivity contribution is -0.0317. The van der Waals surface area contributed by atoms with Gasteiger partial charge in [0.05, 0.1) is 4.90 Å². The van der Waals surface area contributed by atoms with E-state index < -0.39 is 10.0 Å². The van der Waals surface area contributed by atoms with E-state index >= 15 is 0 Å². The van der Waals surface area contributed by atoms with Gasteiger partial charge in [0.1, 0.15) is 0 Å². The molecule has 0 atom stereocenters. The first-order chi connectivity index (χ1) is 10.1.